The Morgan fingerprint density at radius 2 is 2.25 bits per heavy atom. The molecule has 146 valence electrons. The van der Waals surface area contributed by atoms with Crippen LogP contribution in [0.3, 0.4) is 0 Å². The number of aromatic amines is 1. The largest absolute Gasteiger partial charge is 0.352 e. The van der Waals surface area contributed by atoms with Gasteiger partial charge in [0.15, 0.2) is 0 Å². The molecule has 0 saturated heterocycles. The molecule has 1 aliphatic carbocycles. The maximum Gasteiger partial charge on any atom is 0.259 e. The smallest absolute Gasteiger partial charge is 0.259 e. The first kappa shape index (κ1) is 19.7. The van der Waals surface area contributed by atoms with Crippen molar-refractivity contribution in [3.05, 3.63) is 60.9 Å². The minimum absolute atomic E-state index is 0.0215. The molecule has 3 aromatic rings. The van der Waals surface area contributed by atoms with Crippen LogP contribution in [-0.4, -0.2) is 21.6 Å². The summed E-state index contributed by atoms with van der Waals surface area (Å²) in [5.41, 5.74) is 2.25. The summed E-state index contributed by atoms with van der Waals surface area (Å²) in [4.78, 5) is 34.2. The van der Waals surface area contributed by atoms with E-state index < -0.39 is 0 Å². The number of amides is 1. The number of thioether (sulfide) groups is 1. The molecular formula is C20H20BrN3O2S2. The maximum atomic E-state index is 12.4. The molecule has 2 aromatic heterocycles. The van der Waals surface area contributed by atoms with Gasteiger partial charge in [0.05, 0.1) is 11.1 Å². The molecule has 5 nitrogen and oxygen atoms in total. The monoisotopic (exact) mass is 477 g/mol. The summed E-state index contributed by atoms with van der Waals surface area (Å²) < 4.78 is 1.00. The first-order chi connectivity index (χ1) is 13.6. The number of halogens is 1. The zero-order chi connectivity index (χ0) is 19.5. The minimum Gasteiger partial charge on any atom is -0.352 e. The van der Waals surface area contributed by atoms with Gasteiger partial charge in [0.1, 0.15) is 10.7 Å². The van der Waals surface area contributed by atoms with Crippen molar-refractivity contribution in [2.45, 2.75) is 38.0 Å². The molecule has 1 amide bonds. The van der Waals surface area contributed by atoms with Crippen LogP contribution in [0.1, 0.15) is 34.7 Å². The first-order valence-corrected chi connectivity index (χ1v) is 12.0. The van der Waals surface area contributed by atoms with Crippen LogP contribution in [-0.2, 0) is 29.9 Å². The highest BCUT2D eigenvalue weighted by atomic mass is 79.9. The highest BCUT2D eigenvalue weighted by Gasteiger charge is 2.21. The van der Waals surface area contributed by atoms with Crippen molar-refractivity contribution in [1.29, 1.82) is 0 Å². The van der Waals surface area contributed by atoms with Crippen molar-refractivity contribution in [1.82, 2.24) is 15.3 Å². The molecule has 0 fully saturated rings. The van der Waals surface area contributed by atoms with E-state index in [0.29, 0.717) is 30.3 Å². The van der Waals surface area contributed by atoms with Crippen LogP contribution in [0.5, 0.6) is 0 Å². The fourth-order valence-electron chi connectivity index (χ4n) is 3.38. The third kappa shape index (κ3) is 4.50. The van der Waals surface area contributed by atoms with E-state index >= 15 is 0 Å². The molecule has 0 atom stereocenters. The summed E-state index contributed by atoms with van der Waals surface area (Å²) in [5, 5.41) is 3.73. The molecule has 28 heavy (non-hydrogen) atoms. The highest BCUT2D eigenvalue weighted by Crippen LogP contribution is 2.34. The Morgan fingerprint density at radius 1 is 1.36 bits per heavy atom. The number of rotatable bonds is 7. The standard InChI is InChI=1S/C20H20BrN3O2S2/c21-13-4-1-3-12(9-13)10-22-17(25)7-8-27-11-16-23-19(26)18-14-5-2-6-15(14)28-20(18)24-16/h1,3-4,9H,2,5-8,10-11H2,(H,22,25)(H,23,24,26). The Balaban J connectivity index is 1.26. The fraction of sp³-hybridized carbons (Fsp3) is 0.350. The lowest BCUT2D eigenvalue weighted by Gasteiger charge is -2.06. The van der Waals surface area contributed by atoms with Gasteiger partial charge in [-0.1, -0.05) is 28.1 Å². The lowest BCUT2D eigenvalue weighted by Crippen LogP contribution is -2.23. The summed E-state index contributed by atoms with van der Waals surface area (Å²) in [6, 6.07) is 7.89. The number of nitrogens with one attached hydrogen (secondary N) is 2. The number of nitrogens with zero attached hydrogens (tertiary/aromatic N) is 1. The molecule has 2 N–H and O–H groups in total. The summed E-state index contributed by atoms with van der Waals surface area (Å²) >= 11 is 6.70. The van der Waals surface area contributed by atoms with E-state index in [2.05, 4.69) is 31.2 Å². The number of hydrogen-bond donors (Lipinski definition) is 2. The van der Waals surface area contributed by atoms with Crippen LogP contribution in [0.25, 0.3) is 10.2 Å². The third-order valence-corrected chi connectivity index (χ3v) is 7.36. The Labute approximate surface area is 179 Å². The molecule has 8 heteroatoms. The van der Waals surface area contributed by atoms with E-state index in [1.165, 1.54) is 10.4 Å². The van der Waals surface area contributed by atoms with Gasteiger partial charge < -0.3 is 10.3 Å². The number of aromatic nitrogens is 2. The average Bonchev–Trinajstić information content (AvgIpc) is 3.24. The molecule has 2 heterocycles. The lowest BCUT2D eigenvalue weighted by atomic mass is 10.2. The number of fused-ring (bicyclic) bond motifs is 3. The number of thiophene rings is 1. The average molecular weight is 478 g/mol. The molecule has 4 rings (SSSR count). The van der Waals surface area contributed by atoms with Crippen molar-refractivity contribution < 1.29 is 4.79 Å². The van der Waals surface area contributed by atoms with Crippen LogP contribution >= 0.6 is 39.0 Å². The number of carbonyl (C=O) groups excluding carboxylic acids is 1. The van der Waals surface area contributed by atoms with Crippen LogP contribution in [0.2, 0.25) is 0 Å². The second-order valence-electron chi connectivity index (χ2n) is 6.76. The predicted molar refractivity (Wildman–Crippen MR) is 119 cm³/mol. The van der Waals surface area contributed by atoms with Gasteiger partial charge in [-0.05, 0) is 42.5 Å². The molecule has 0 unspecified atom stereocenters. The van der Waals surface area contributed by atoms with Gasteiger partial charge in [-0.15, -0.1) is 11.3 Å². The van der Waals surface area contributed by atoms with Crippen LogP contribution < -0.4 is 10.9 Å². The topological polar surface area (TPSA) is 74.8 Å². The maximum absolute atomic E-state index is 12.4. The normalized spacial score (nSPS) is 13.0. The first-order valence-electron chi connectivity index (χ1n) is 9.22. The third-order valence-electron chi connectivity index (χ3n) is 4.72. The number of H-pyrrole nitrogens is 1. The van der Waals surface area contributed by atoms with Crippen LogP contribution in [0.15, 0.2) is 33.5 Å². The highest BCUT2D eigenvalue weighted by molar-refractivity contribution is 9.10. The van der Waals surface area contributed by atoms with Crippen molar-refractivity contribution in [3.63, 3.8) is 0 Å². The summed E-state index contributed by atoms with van der Waals surface area (Å²) in [6.45, 7) is 0.525. The molecule has 0 radical (unpaired) electrons. The quantitative estimate of drug-likeness (QED) is 0.500. The minimum atomic E-state index is -0.0215. The lowest BCUT2D eigenvalue weighted by molar-refractivity contribution is -0.120. The van der Waals surface area contributed by atoms with Crippen molar-refractivity contribution in [3.8, 4) is 0 Å². The SMILES string of the molecule is O=C(CCSCc1nc2sc3c(c2c(=O)[nH]1)CCC3)NCc1cccc(Br)c1. The van der Waals surface area contributed by atoms with E-state index in [4.69, 9.17) is 0 Å². The van der Waals surface area contributed by atoms with Gasteiger partial charge in [-0.2, -0.15) is 11.8 Å². The Morgan fingerprint density at radius 3 is 3.11 bits per heavy atom. The van der Waals surface area contributed by atoms with Crippen molar-refractivity contribution >= 4 is 55.2 Å². The molecule has 0 bridgehead atoms. The van der Waals surface area contributed by atoms with Gasteiger partial charge in [0, 0.05) is 28.1 Å². The fourth-order valence-corrected chi connectivity index (χ4v) is 5.92. The molecule has 1 aromatic carbocycles. The number of benzene rings is 1. The van der Waals surface area contributed by atoms with Crippen LogP contribution in [0, 0.1) is 0 Å². The zero-order valence-electron chi connectivity index (χ0n) is 15.2. The predicted octanol–water partition coefficient (Wildman–Crippen LogP) is 4.18. The molecule has 0 aliphatic heterocycles. The van der Waals surface area contributed by atoms with Crippen LogP contribution in [0.4, 0.5) is 0 Å². The molecule has 0 spiro atoms. The Hall–Kier alpha value is -1.64. The summed E-state index contributed by atoms with van der Waals surface area (Å²) in [7, 11) is 0. The second-order valence-corrected chi connectivity index (χ2v) is 9.86. The van der Waals surface area contributed by atoms with E-state index in [1.54, 1.807) is 23.1 Å². The Kier molecular flexibility index (Phi) is 6.18. The van der Waals surface area contributed by atoms with Gasteiger partial charge >= 0.3 is 0 Å². The number of aryl methyl sites for hydroxylation is 2. The van der Waals surface area contributed by atoms with Gasteiger partial charge in [0.25, 0.3) is 5.56 Å². The van der Waals surface area contributed by atoms with E-state index in [0.717, 1.165) is 39.5 Å². The Bertz CT molecular complexity index is 1080. The zero-order valence-corrected chi connectivity index (χ0v) is 18.4. The molecular weight excluding hydrogens is 458 g/mol. The van der Waals surface area contributed by atoms with Gasteiger partial charge in [-0.3, -0.25) is 9.59 Å². The van der Waals surface area contributed by atoms with Crippen molar-refractivity contribution in [2.75, 3.05) is 5.75 Å². The second kappa shape index (κ2) is 8.80. The number of hydrogen-bond acceptors (Lipinski definition) is 5. The van der Waals surface area contributed by atoms with E-state index in [9.17, 15) is 9.59 Å². The van der Waals surface area contributed by atoms with Crippen molar-refractivity contribution in [2.24, 2.45) is 0 Å². The van der Waals surface area contributed by atoms with E-state index in [1.807, 2.05) is 24.3 Å². The van der Waals surface area contributed by atoms with Gasteiger partial charge in [-0.25, -0.2) is 4.98 Å². The molecule has 0 saturated carbocycles. The summed E-state index contributed by atoms with van der Waals surface area (Å²) in [6.07, 6.45) is 3.63. The summed E-state index contributed by atoms with van der Waals surface area (Å²) in [5.74, 6) is 2.01. The van der Waals surface area contributed by atoms with Gasteiger partial charge in [0.2, 0.25) is 5.91 Å². The molecule has 1 aliphatic rings. The number of carbonyl (C=O) groups is 1. The van der Waals surface area contributed by atoms with E-state index in [-0.39, 0.29) is 11.5 Å².